The summed E-state index contributed by atoms with van der Waals surface area (Å²) in [5, 5.41) is 7.11. The van der Waals surface area contributed by atoms with Crippen molar-refractivity contribution in [3.8, 4) is 0 Å². The molecule has 9 heteroatoms. The summed E-state index contributed by atoms with van der Waals surface area (Å²) < 4.78 is 31.2. The Morgan fingerprint density at radius 1 is 1.36 bits per heavy atom. The fraction of sp³-hybridized carbons (Fsp3) is 0.842. The van der Waals surface area contributed by atoms with Crippen LogP contribution in [-0.4, -0.2) is 54.2 Å². The molecule has 0 aromatic carbocycles. The zero-order chi connectivity index (χ0) is 19.9. The average Bonchev–Trinajstić information content (AvgIpc) is 3.34. The molecule has 2 heterocycles. The molecular formula is C19H30N4O4S. The van der Waals surface area contributed by atoms with E-state index < -0.39 is 15.4 Å². The van der Waals surface area contributed by atoms with Crippen molar-refractivity contribution in [2.24, 2.45) is 11.8 Å². The number of aryl methyl sites for hydroxylation is 1. The molecule has 2 saturated carbocycles. The van der Waals surface area contributed by atoms with Crippen LogP contribution in [-0.2, 0) is 20.2 Å². The molecule has 0 unspecified atom stereocenters. The van der Waals surface area contributed by atoms with Gasteiger partial charge < -0.3 is 9.84 Å². The van der Waals surface area contributed by atoms with Crippen LogP contribution in [0.5, 0.6) is 0 Å². The van der Waals surface area contributed by atoms with E-state index >= 15 is 0 Å². The van der Waals surface area contributed by atoms with Gasteiger partial charge in [0, 0.05) is 25.6 Å². The van der Waals surface area contributed by atoms with E-state index in [-0.39, 0.29) is 17.9 Å². The number of nitrogens with zero attached hydrogens (tertiary/aromatic N) is 3. The quantitative estimate of drug-likeness (QED) is 0.766. The Bertz CT molecular complexity index is 833. The normalized spacial score (nSPS) is 31.4. The van der Waals surface area contributed by atoms with Gasteiger partial charge in [0.1, 0.15) is 0 Å². The molecule has 0 spiro atoms. The second-order valence-corrected chi connectivity index (χ2v) is 10.9. The van der Waals surface area contributed by atoms with E-state index in [4.69, 9.17) is 4.52 Å². The largest absolute Gasteiger partial charge is 0.353 e. The van der Waals surface area contributed by atoms with E-state index in [0.29, 0.717) is 43.6 Å². The number of hydrogen-bond acceptors (Lipinski definition) is 6. The van der Waals surface area contributed by atoms with E-state index in [1.54, 1.807) is 6.92 Å². The van der Waals surface area contributed by atoms with Gasteiger partial charge in [0.25, 0.3) is 0 Å². The summed E-state index contributed by atoms with van der Waals surface area (Å²) in [5.74, 6) is 1.93. The third-order valence-electron chi connectivity index (χ3n) is 6.89. The molecule has 1 aliphatic heterocycles. The molecule has 1 N–H and O–H groups in total. The number of aromatic nitrogens is 2. The molecular weight excluding hydrogens is 380 g/mol. The lowest BCUT2D eigenvalue weighted by Gasteiger charge is -2.25. The van der Waals surface area contributed by atoms with Gasteiger partial charge in [0.15, 0.2) is 5.82 Å². The highest BCUT2D eigenvalue weighted by Crippen LogP contribution is 2.50. The Balaban J connectivity index is 1.44. The Labute approximate surface area is 166 Å². The Kier molecular flexibility index (Phi) is 5.24. The number of nitrogens with one attached hydrogen (secondary N) is 1. The smallest absolute Gasteiger partial charge is 0.234 e. The molecule has 2 aliphatic carbocycles. The van der Waals surface area contributed by atoms with E-state index in [9.17, 15) is 13.2 Å². The summed E-state index contributed by atoms with van der Waals surface area (Å²) >= 11 is 0. The van der Waals surface area contributed by atoms with Gasteiger partial charge in [0.05, 0.1) is 11.7 Å². The third kappa shape index (κ3) is 3.83. The highest BCUT2D eigenvalue weighted by molar-refractivity contribution is 7.88. The average molecular weight is 411 g/mol. The van der Waals surface area contributed by atoms with Crippen molar-refractivity contribution >= 4 is 15.9 Å². The SMILES string of the molecule is Cc1noc([C@]23C[C@H](NC(=O)CCC4CCCC4)C[C@H]2CN(S(C)(=O)=O)C3)n1. The number of fused-ring (bicyclic) bond motifs is 1. The first kappa shape index (κ1) is 19.8. The lowest BCUT2D eigenvalue weighted by Crippen LogP contribution is -2.39. The van der Waals surface area contributed by atoms with Crippen molar-refractivity contribution in [3.63, 3.8) is 0 Å². The van der Waals surface area contributed by atoms with Gasteiger partial charge in [-0.3, -0.25) is 4.79 Å². The van der Waals surface area contributed by atoms with Crippen LogP contribution in [0, 0.1) is 18.8 Å². The van der Waals surface area contributed by atoms with E-state index in [1.165, 1.54) is 36.2 Å². The highest BCUT2D eigenvalue weighted by Gasteiger charge is 2.58. The molecule has 156 valence electrons. The first-order valence-electron chi connectivity index (χ1n) is 10.3. The molecule has 1 saturated heterocycles. The minimum atomic E-state index is -3.29. The Morgan fingerprint density at radius 2 is 2.11 bits per heavy atom. The van der Waals surface area contributed by atoms with Gasteiger partial charge in [0.2, 0.25) is 21.8 Å². The predicted molar refractivity (Wildman–Crippen MR) is 103 cm³/mol. The molecule has 4 rings (SSSR count). The lowest BCUT2D eigenvalue weighted by molar-refractivity contribution is -0.122. The van der Waals surface area contributed by atoms with E-state index in [2.05, 4.69) is 15.5 Å². The number of rotatable bonds is 6. The number of carbonyl (C=O) groups excluding carboxylic acids is 1. The van der Waals surface area contributed by atoms with Crippen molar-refractivity contribution in [2.45, 2.75) is 69.7 Å². The molecule has 1 aromatic heterocycles. The molecule has 3 fully saturated rings. The van der Waals surface area contributed by atoms with Crippen molar-refractivity contribution in [1.82, 2.24) is 19.8 Å². The minimum Gasteiger partial charge on any atom is -0.353 e. The fourth-order valence-electron chi connectivity index (χ4n) is 5.45. The van der Waals surface area contributed by atoms with Gasteiger partial charge in [-0.15, -0.1) is 0 Å². The fourth-order valence-corrected chi connectivity index (χ4v) is 6.37. The molecule has 3 atom stereocenters. The Morgan fingerprint density at radius 3 is 2.75 bits per heavy atom. The maximum absolute atomic E-state index is 12.5. The molecule has 28 heavy (non-hydrogen) atoms. The lowest BCUT2D eigenvalue weighted by atomic mass is 9.80. The van der Waals surface area contributed by atoms with Crippen LogP contribution in [0.4, 0.5) is 0 Å². The first-order valence-corrected chi connectivity index (χ1v) is 12.2. The monoisotopic (exact) mass is 410 g/mol. The van der Waals surface area contributed by atoms with Crippen LogP contribution in [0.2, 0.25) is 0 Å². The second kappa shape index (κ2) is 7.40. The number of sulfonamides is 1. The summed E-state index contributed by atoms with van der Waals surface area (Å²) in [4.78, 5) is 16.9. The summed E-state index contributed by atoms with van der Waals surface area (Å²) in [6, 6.07) is 0.0231. The topological polar surface area (TPSA) is 105 Å². The Hall–Kier alpha value is -1.48. The third-order valence-corrected chi connectivity index (χ3v) is 8.10. The van der Waals surface area contributed by atoms with E-state index in [1.807, 2.05) is 0 Å². The van der Waals surface area contributed by atoms with Gasteiger partial charge in [-0.1, -0.05) is 30.8 Å². The van der Waals surface area contributed by atoms with Crippen LogP contribution in [0.3, 0.4) is 0 Å². The maximum Gasteiger partial charge on any atom is 0.234 e. The second-order valence-electron chi connectivity index (χ2n) is 8.95. The molecule has 0 bridgehead atoms. The zero-order valence-corrected chi connectivity index (χ0v) is 17.5. The number of carbonyl (C=O) groups is 1. The van der Waals surface area contributed by atoms with Gasteiger partial charge in [-0.2, -0.15) is 4.98 Å². The maximum atomic E-state index is 12.5. The molecule has 0 radical (unpaired) electrons. The van der Waals surface area contributed by atoms with Crippen LogP contribution in [0.25, 0.3) is 0 Å². The number of amides is 1. The zero-order valence-electron chi connectivity index (χ0n) is 16.7. The molecule has 8 nitrogen and oxygen atoms in total. The van der Waals surface area contributed by atoms with Crippen LogP contribution >= 0.6 is 0 Å². The van der Waals surface area contributed by atoms with E-state index in [0.717, 1.165) is 12.8 Å². The highest BCUT2D eigenvalue weighted by atomic mass is 32.2. The van der Waals surface area contributed by atoms with Crippen molar-refractivity contribution in [3.05, 3.63) is 11.7 Å². The standard InChI is InChI=1S/C19H30N4O4S/c1-13-20-18(27-22-13)19-10-16(9-15(19)11-23(12-19)28(2,25)26)21-17(24)8-7-14-5-3-4-6-14/h14-16H,3-12H2,1-2H3,(H,21,24)/t15-,16+,19-/m0/s1. The van der Waals surface area contributed by atoms with Crippen molar-refractivity contribution < 1.29 is 17.7 Å². The van der Waals surface area contributed by atoms with Crippen molar-refractivity contribution in [1.29, 1.82) is 0 Å². The van der Waals surface area contributed by atoms with Crippen LogP contribution < -0.4 is 5.32 Å². The van der Waals surface area contributed by atoms with Crippen LogP contribution in [0.1, 0.15) is 63.1 Å². The van der Waals surface area contributed by atoms with Crippen molar-refractivity contribution in [2.75, 3.05) is 19.3 Å². The first-order chi connectivity index (χ1) is 13.3. The minimum absolute atomic E-state index is 0.0231. The summed E-state index contributed by atoms with van der Waals surface area (Å²) in [7, 11) is -3.29. The predicted octanol–water partition coefficient (Wildman–Crippen LogP) is 1.76. The summed E-state index contributed by atoms with van der Waals surface area (Å²) in [6.07, 6.45) is 9.25. The molecule has 1 aromatic rings. The number of hydrogen-bond donors (Lipinski definition) is 1. The molecule has 3 aliphatic rings. The molecule has 1 amide bonds. The van der Waals surface area contributed by atoms with Gasteiger partial charge >= 0.3 is 0 Å². The summed E-state index contributed by atoms with van der Waals surface area (Å²) in [6.45, 7) is 2.54. The van der Waals surface area contributed by atoms with Crippen LogP contribution in [0.15, 0.2) is 4.52 Å². The van der Waals surface area contributed by atoms with Gasteiger partial charge in [-0.05, 0) is 38.0 Å². The summed E-state index contributed by atoms with van der Waals surface area (Å²) in [5.41, 5.74) is -0.506. The van der Waals surface area contributed by atoms with Gasteiger partial charge in [-0.25, -0.2) is 12.7 Å².